The van der Waals surface area contributed by atoms with Crippen molar-refractivity contribution in [2.75, 3.05) is 13.1 Å². The first-order valence-corrected chi connectivity index (χ1v) is 8.27. The van der Waals surface area contributed by atoms with Crippen LogP contribution < -0.4 is 5.73 Å². The molecule has 0 bridgehead atoms. The Morgan fingerprint density at radius 3 is 2.67 bits per heavy atom. The van der Waals surface area contributed by atoms with Gasteiger partial charge in [0.15, 0.2) is 0 Å². The van der Waals surface area contributed by atoms with Crippen LogP contribution in [-0.2, 0) is 0 Å². The Morgan fingerprint density at radius 1 is 1.06 bits per heavy atom. The van der Waals surface area contributed by atoms with Gasteiger partial charge in [0, 0.05) is 25.2 Å². The Hall–Kier alpha value is -0.0800. The molecule has 3 rings (SSSR count). The monoisotopic (exact) mass is 250 g/mol. The minimum absolute atomic E-state index is 0.499. The number of likely N-dealkylation sites (tertiary alicyclic amines) is 1. The first-order valence-electron chi connectivity index (χ1n) is 8.27. The van der Waals surface area contributed by atoms with Crippen molar-refractivity contribution >= 4 is 0 Å². The van der Waals surface area contributed by atoms with Crippen LogP contribution in [0.3, 0.4) is 0 Å². The van der Waals surface area contributed by atoms with Crippen LogP contribution in [0.5, 0.6) is 0 Å². The summed E-state index contributed by atoms with van der Waals surface area (Å²) in [6.45, 7) is 5.04. The van der Waals surface area contributed by atoms with Crippen LogP contribution >= 0.6 is 0 Å². The predicted molar refractivity (Wildman–Crippen MR) is 76.4 cm³/mol. The average Bonchev–Trinajstić information content (AvgIpc) is 2.84. The smallest absolute Gasteiger partial charge is 0.00981 e. The Balaban J connectivity index is 1.60. The first kappa shape index (κ1) is 12.9. The molecule has 104 valence electrons. The van der Waals surface area contributed by atoms with Gasteiger partial charge in [0.05, 0.1) is 0 Å². The summed E-state index contributed by atoms with van der Waals surface area (Å²) in [5.41, 5.74) is 6.34. The van der Waals surface area contributed by atoms with Gasteiger partial charge in [0.25, 0.3) is 0 Å². The largest absolute Gasteiger partial charge is 0.327 e. The summed E-state index contributed by atoms with van der Waals surface area (Å²) in [7, 11) is 0. The lowest BCUT2D eigenvalue weighted by molar-refractivity contribution is 0.148. The molecule has 3 aliphatic rings. The molecule has 2 nitrogen and oxygen atoms in total. The second kappa shape index (κ2) is 5.50. The maximum absolute atomic E-state index is 6.34. The van der Waals surface area contributed by atoms with Crippen molar-refractivity contribution in [2.45, 2.75) is 70.4 Å². The normalized spacial score (nSPS) is 46.0. The maximum Gasteiger partial charge on any atom is 0.00981 e. The van der Waals surface area contributed by atoms with Crippen LogP contribution in [0.25, 0.3) is 0 Å². The van der Waals surface area contributed by atoms with Crippen LogP contribution in [0.15, 0.2) is 0 Å². The zero-order chi connectivity index (χ0) is 12.5. The molecule has 2 saturated carbocycles. The maximum atomic E-state index is 6.34. The highest BCUT2D eigenvalue weighted by molar-refractivity contribution is 4.96. The van der Waals surface area contributed by atoms with Crippen LogP contribution in [0.1, 0.15) is 58.3 Å². The fourth-order valence-electron chi connectivity index (χ4n) is 4.81. The van der Waals surface area contributed by atoms with Crippen LogP contribution in [0, 0.1) is 17.8 Å². The van der Waals surface area contributed by atoms with E-state index in [9.17, 15) is 0 Å². The quantitative estimate of drug-likeness (QED) is 0.816. The van der Waals surface area contributed by atoms with Crippen molar-refractivity contribution in [3.63, 3.8) is 0 Å². The molecule has 1 heterocycles. The highest BCUT2D eigenvalue weighted by Crippen LogP contribution is 2.39. The summed E-state index contributed by atoms with van der Waals surface area (Å²) in [6, 6.07) is 1.39. The fourth-order valence-corrected chi connectivity index (χ4v) is 4.81. The summed E-state index contributed by atoms with van der Waals surface area (Å²) in [5.74, 6) is 2.75. The standard InChI is InChI=1S/C16H30N2/c1-2-12-5-3-7-14(9-12)18-10-13-6-4-8-16(17)15(13)11-18/h12-16H,2-11,17H2,1H3. The molecular formula is C16H30N2. The van der Waals surface area contributed by atoms with Crippen LogP contribution in [-0.4, -0.2) is 30.1 Å². The second-order valence-electron chi connectivity index (χ2n) is 7.07. The number of nitrogens with zero attached hydrogens (tertiary/aromatic N) is 1. The second-order valence-corrected chi connectivity index (χ2v) is 7.07. The van der Waals surface area contributed by atoms with Gasteiger partial charge in [-0.15, -0.1) is 0 Å². The molecule has 0 amide bonds. The Kier molecular flexibility index (Phi) is 3.95. The van der Waals surface area contributed by atoms with Gasteiger partial charge in [0.2, 0.25) is 0 Å². The minimum Gasteiger partial charge on any atom is -0.327 e. The molecular weight excluding hydrogens is 220 g/mol. The van der Waals surface area contributed by atoms with Crippen molar-refractivity contribution in [1.29, 1.82) is 0 Å². The molecule has 5 atom stereocenters. The van der Waals surface area contributed by atoms with E-state index in [1.807, 2.05) is 0 Å². The SMILES string of the molecule is CCC1CCCC(N2CC3CCCC(N)C3C2)C1. The molecule has 5 unspecified atom stereocenters. The summed E-state index contributed by atoms with van der Waals surface area (Å²) in [5, 5.41) is 0. The third-order valence-corrected chi connectivity index (χ3v) is 6.03. The fraction of sp³-hybridized carbons (Fsp3) is 1.00. The van der Waals surface area contributed by atoms with E-state index in [2.05, 4.69) is 11.8 Å². The van der Waals surface area contributed by atoms with Gasteiger partial charge < -0.3 is 5.73 Å². The predicted octanol–water partition coefficient (Wildman–Crippen LogP) is 3.01. The van der Waals surface area contributed by atoms with Crippen LogP contribution in [0.2, 0.25) is 0 Å². The third-order valence-electron chi connectivity index (χ3n) is 6.03. The Morgan fingerprint density at radius 2 is 1.89 bits per heavy atom. The van der Waals surface area contributed by atoms with Crippen LogP contribution in [0.4, 0.5) is 0 Å². The van der Waals surface area contributed by atoms with E-state index in [-0.39, 0.29) is 0 Å². The topological polar surface area (TPSA) is 29.3 Å². The van der Waals surface area contributed by atoms with E-state index in [1.54, 1.807) is 0 Å². The summed E-state index contributed by atoms with van der Waals surface area (Å²) < 4.78 is 0. The zero-order valence-electron chi connectivity index (χ0n) is 12.0. The number of fused-ring (bicyclic) bond motifs is 1. The average molecular weight is 250 g/mol. The first-order chi connectivity index (χ1) is 8.78. The number of hydrogen-bond donors (Lipinski definition) is 1. The van der Waals surface area contributed by atoms with Gasteiger partial charge in [0.1, 0.15) is 0 Å². The van der Waals surface area contributed by atoms with E-state index >= 15 is 0 Å². The Labute approximate surface area is 112 Å². The van der Waals surface area contributed by atoms with Gasteiger partial charge in [-0.05, 0) is 43.4 Å². The zero-order valence-corrected chi connectivity index (χ0v) is 12.0. The highest BCUT2D eigenvalue weighted by Gasteiger charge is 2.41. The molecule has 2 aliphatic carbocycles. The highest BCUT2D eigenvalue weighted by atomic mass is 15.2. The number of nitrogens with two attached hydrogens (primary N) is 1. The lowest BCUT2D eigenvalue weighted by atomic mass is 9.78. The van der Waals surface area contributed by atoms with E-state index in [1.165, 1.54) is 64.5 Å². The van der Waals surface area contributed by atoms with Crippen molar-refractivity contribution < 1.29 is 0 Å². The van der Waals surface area contributed by atoms with E-state index in [0.717, 1.165) is 23.8 Å². The summed E-state index contributed by atoms with van der Waals surface area (Å²) in [4.78, 5) is 2.82. The molecule has 0 aromatic rings. The number of hydrogen-bond acceptors (Lipinski definition) is 2. The van der Waals surface area contributed by atoms with Gasteiger partial charge in [-0.3, -0.25) is 4.90 Å². The van der Waals surface area contributed by atoms with Gasteiger partial charge in [-0.25, -0.2) is 0 Å². The van der Waals surface area contributed by atoms with Gasteiger partial charge in [-0.2, -0.15) is 0 Å². The molecule has 2 heteroatoms. The van der Waals surface area contributed by atoms with Crippen molar-refractivity contribution in [2.24, 2.45) is 23.5 Å². The summed E-state index contributed by atoms with van der Waals surface area (Å²) in [6.07, 6.45) is 11.3. The number of rotatable bonds is 2. The third kappa shape index (κ3) is 2.46. The van der Waals surface area contributed by atoms with Crippen molar-refractivity contribution in [3.05, 3.63) is 0 Å². The molecule has 1 saturated heterocycles. The lowest BCUT2D eigenvalue weighted by Crippen LogP contribution is -2.40. The molecule has 0 aromatic carbocycles. The van der Waals surface area contributed by atoms with E-state index in [0.29, 0.717) is 6.04 Å². The molecule has 0 aromatic heterocycles. The van der Waals surface area contributed by atoms with Gasteiger partial charge in [-0.1, -0.05) is 32.6 Å². The molecule has 18 heavy (non-hydrogen) atoms. The van der Waals surface area contributed by atoms with Crippen molar-refractivity contribution in [3.8, 4) is 0 Å². The molecule has 1 aliphatic heterocycles. The Bertz CT molecular complexity index is 278. The van der Waals surface area contributed by atoms with Crippen molar-refractivity contribution in [1.82, 2.24) is 4.90 Å². The molecule has 2 N–H and O–H groups in total. The molecule has 0 radical (unpaired) electrons. The van der Waals surface area contributed by atoms with E-state index in [4.69, 9.17) is 5.73 Å². The van der Waals surface area contributed by atoms with E-state index < -0.39 is 0 Å². The van der Waals surface area contributed by atoms with Gasteiger partial charge >= 0.3 is 0 Å². The molecule has 3 fully saturated rings. The molecule has 0 spiro atoms. The minimum atomic E-state index is 0.499. The summed E-state index contributed by atoms with van der Waals surface area (Å²) >= 11 is 0. The lowest BCUT2D eigenvalue weighted by Gasteiger charge is -2.35.